The van der Waals surface area contributed by atoms with Crippen LogP contribution in [0.4, 0.5) is 0 Å². The van der Waals surface area contributed by atoms with Crippen LogP contribution >= 0.6 is 23.2 Å². The van der Waals surface area contributed by atoms with E-state index in [1.807, 2.05) is 42.5 Å². The summed E-state index contributed by atoms with van der Waals surface area (Å²) in [7, 11) is 0. The van der Waals surface area contributed by atoms with Crippen molar-refractivity contribution in [2.75, 3.05) is 0 Å². The largest absolute Gasteiger partial charge is 0.237 e. The van der Waals surface area contributed by atoms with Crippen LogP contribution in [0.15, 0.2) is 60.9 Å². The maximum absolute atomic E-state index is 6.21. The van der Waals surface area contributed by atoms with Crippen molar-refractivity contribution in [2.24, 2.45) is 0 Å². The minimum Gasteiger partial charge on any atom is -0.237 e. The van der Waals surface area contributed by atoms with Gasteiger partial charge < -0.3 is 0 Å². The second-order valence-corrected chi connectivity index (χ2v) is 5.06. The Hall–Kier alpha value is -1.90. The maximum atomic E-state index is 6.21. The SMILES string of the molecule is Clc1cccc(Cl)c1-c1ccc(-c2ncccn2)cc1. The van der Waals surface area contributed by atoms with Crippen molar-refractivity contribution >= 4 is 23.2 Å². The predicted molar refractivity (Wildman–Crippen MR) is 82.9 cm³/mol. The maximum Gasteiger partial charge on any atom is 0.159 e. The molecule has 0 aliphatic heterocycles. The first kappa shape index (κ1) is 13.1. The number of nitrogens with zero attached hydrogens (tertiary/aromatic N) is 2. The summed E-state index contributed by atoms with van der Waals surface area (Å²) >= 11 is 12.4. The van der Waals surface area contributed by atoms with Gasteiger partial charge in [0.15, 0.2) is 5.82 Å². The zero-order valence-electron chi connectivity index (χ0n) is 10.4. The molecule has 0 amide bonds. The molecule has 98 valence electrons. The molecule has 20 heavy (non-hydrogen) atoms. The summed E-state index contributed by atoms with van der Waals surface area (Å²) < 4.78 is 0. The quantitative estimate of drug-likeness (QED) is 0.656. The Morgan fingerprint density at radius 3 is 1.80 bits per heavy atom. The molecule has 2 nitrogen and oxygen atoms in total. The van der Waals surface area contributed by atoms with E-state index in [2.05, 4.69) is 9.97 Å². The Labute approximate surface area is 127 Å². The average molecular weight is 301 g/mol. The van der Waals surface area contributed by atoms with E-state index in [1.54, 1.807) is 18.5 Å². The number of hydrogen-bond acceptors (Lipinski definition) is 2. The van der Waals surface area contributed by atoms with Crippen molar-refractivity contribution in [2.45, 2.75) is 0 Å². The van der Waals surface area contributed by atoms with E-state index in [0.717, 1.165) is 16.7 Å². The molecule has 0 saturated heterocycles. The van der Waals surface area contributed by atoms with Gasteiger partial charge in [0.05, 0.1) is 0 Å². The van der Waals surface area contributed by atoms with Gasteiger partial charge in [-0.3, -0.25) is 0 Å². The molecule has 0 fully saturated rings. The minimum absolute atomic E-state index is 0.640. The first-order valence-corrected chi connectivity index (χ1v) is 6.83. The summed E-state index contributed by atoms with van der Waals surface area (Å²) in [5.41, 5.74) is 2.77. The van der Waals surface area contributed by atoms with Crippen molar-refractivity contribution in [3.05, 3.63) is 71.0 Å². The van der Waals surface area contributed by atoms with Crippen molar-refractivity contribution in [3.63, 3.8) is 0 Å². The Morgan fingerprint density at radius 1 is 0.650 bits per heavy atom. The molecule has 0 spiro atoms. The zero-order valence-corrected chi connectivity index (χ0v) is 11.9. The van der Waals surface area contributed by atoms with Gasteiger partial charge in [0, 0.05) is 33.6 Å². The topological polar surface area (TPSA) is 25.8 Å². The van der Waals surface area contributed by atoms with Crippen molar-refractivity contribution < 1.29 is 0 Å². The lowest BCUT2D eigenvalue weighted by Gasteiger charge is -2.08. The minimum atomic E-state index is 0.640. The Kier molecular flexibility index (Phi) is 3.68. The van der Waals surface area contributed by atoms with Gasteiger partial charge in [0.25, 0.3) is 0 Å². The molecule has 0 N–H and O–H groups in total. The second kappa shape index (κ2) is 5.61. The Bertz CT molecular complexity index is 705. The Morgan fingerprint density at radius 2 is 1.20 bits per heavy atom. The van der Waals surface area contributed by atoms with Gasteiger partial charge in [-0.25, -0.2) is 9.97 Å². The highest BCUT2D eigenvalue weighted by molar-refractivity contribution is 6.39. The van der Waals surface area contributed by atoms with Crippen LogP contribution in [-0.2, 0) is 0 Å². The van der Waals surface area contributed by atoms with Crippen LogP contribution in [0.25, 0.3) is 22.5 Å². The predicted octanol–water partition coefficient (Wildman–Crippen LogP) is 5.12. The molecule has 1 heterocycles. The molecule has 3 rings (SSSR count). The molecule has 0 bridgehead atoms. The van der Waals surface area contributed by atoms with Gasteiger partial charge in [-0.15, -0.1) is 0 Å². The number of halogens is 2. The van der Waals surface area contributed by atoms with E-state index in [9.17, 15) is 0 Å². The van der Waals surface area contributed by atoms with Gasteiger partial charge in [-0.1, -0.05) is 53.5 Å². The Balaban J connectivity index is 2.02. The average Bonchev–Trinajstić information content (AvgIpc) is 2.49. The molecule has 0 unspecified atom stereocenters. The third-order valence-electron chi connectivity index (χ3n) is 2.96. The van der Waals surface area contributed by atoms with E-state index >= 15 is 0 Å². The molecule has 0 saturated carbocycles. The lowest BCUT2D eigenvalue weighted by atomic mass is 10.0. The third-order valence-corrected chi connectivity index (χ3v) is 3.59. The first-order valence-electron chi connectivity index (χ1n) is 6.07. The number of hydrogen-bond donors (Lipinski definition) is 0. The molecular weight excluding hydrogens is 291 g/mol. The fourth-order valence-electron chi connectivity index (χ4n) is 2.01. The molecule has 0 aliphatic carbocycles. The van der Waals surface area contributed by atoms with Crippen molar-refractivity contribution in [1.82, 2.24) is 9.97 Å². The smallest absolute Gasteiger partial charge is 0.159 e. The molecule has 2 aromatic carbocycles. The van der Waals surface area contributed by atoms with E-state index in [0.29, 0.717) is 15.9 Å². The molecule has 1 aromatic heterocycles. The molecule has 0 aliphatic rings. The molecule has 4 heteroatoms. The van der Waals surface area contributed by atoms with E-state index < -0.39 is 0 Å². The second-order valence-electron chi connectivity index (χ2n) is 4.25. The monoisotopic (exact) mass is 300 g/mol. The van der Waals surface area contributed by atoms with Crippen molar-refractivity contribution in [3.8, 4) is 22.5 Å². The summed E-state index contributed by atoms with van der Waals surface area (Å²) in [6, 6.07) is 15.2. The lowest BCUT2D eigenvalue weighted by molar-refractivity contribution is 1.18. The van der Waals surface area contributed by atoms with E-state index in [4.69, 9.17) is 23.2 Å². The van der Waals surface area contributed by atoms with Crippen LogP contribution in [0.3, 0.4) is 0 Å². The molecule has 0 radical (unpaired) electrons. The van der Waals surface area contributed by atoms with E-state index in [1.165, 1.54) is 0 Å². The summed E-state index contributed by atoms with van der Waals surface area (Å²) in [5.74, 6) is 0.698. The van der Waals surface area contributed by atoms with Gasteiger partial charge in [-0.2, -0.15) is 0 Å². The first-order chi connectivity index (χ1) is 9.75. The van der Waals surface area contributed by atoms with Crippen LogP contribution < -0.4 is 0 Å². The third kappa shape index (κ3) is 2.53. The number of rotatable bonds is 2. The van der Waals surface area contributed by atoms with Gasteiger partial charge >= 0.3 is 0 Å². The number of aromatic nitrogens is 2. The summed E-state index contributed by atoms with van der Waals surface area (Å²) in [6.45, 7) is 0. The summed E-state index contributed by atoms with van der Waals surface area (Å²) in [5, 5.41) is 1.28. The van der Waals surface area contributed by atoms with Crippen LogP contribution in [-0.4, -0.2) is 9.97 Å². The summed E-state index contributed by atoms with van der Waals surface area (Å²) in [4.78, 5) is 8.45. The lowest BCUT2D eigenvalue weighted by Crippen LogP contribution is -1.87. The highest BCUT2D eigenvalue weighted by Gasteiger charge is 2.08. The van der Waals surface area contributed by atoms with Gasteiger partial charge in [0.1, 0.15) is 0 Å². The fraction of sp³-hybridized carbons (Fsp3) is 0. The van der Waals surface area contributed by atoms with Crippen LogP contribution in [0.1, 0.15) is 0 Å². The van der Waals surface area contributed by atoms with E-state index in [-0.39, 0.29) is 0 Å². The number of benzene rings is 2. The zero-order chi connectivity index (χ0) is 13.9. The normalized spacial score (nSPS) is 10.5. The van der Waals surface area contributed by atoms with Crippen LogP contribution in [0, 0.1) is 0 Å². The molecule has 0 atom stereocenters. The highest BCUT2D eigenvalue weighted by Crippen LogP contribution is 2.35. The van der Waals surface area contributed by atoms with Crippen LogP contribution in [0.5, 0.6) is 0 Å². The molecular formula is C16H10Cl2N2. The summed E-state index contributed by atoms with van der Waals surface area (Å²) in [6.07, 6.45) is 3.45. The fourth-order valence-corrected chi connectivity index (χ4v) is 2.62. The van der Waals surface area contributed by atoms with Crippen LogP contribution in [0.2, 0.25) is 10.0 Å². The van der Waals surface area contributed by atoms with Crippen molar-refractivity contribution in [1.29, 1.82) is 0 Å². The molecule has 3 aromatic rings. The van der Waals surface area contributed by atoms with Gasteiger partial charge in [0.2, 0.25) is 0 Å². The highest BCUT2D eigenvalue weighted by atomic mass is 35.5. The van der Waals surface area contributed by atoms with Gasteiger partial charge in [-0.05, 0) is 23.8 Å². The standard InChI is InChI=1S/C16H10Cl2N2/c17-13-3-1-4-14(18)15(13)11-5-7-12(8-6-11)16-19-9-2-10-20-16/h1-10H.